The Morgan fingerprint density at radius 2 is 1.88 bits per heavy atom. The van der Waals surface area contributed by atoms with E-state index in [-0.39, 0.29) is 5.91 Å². The molecule has 1 aliphatic carbocycles. The number of benzene rings is 1. The SMILES string of the molecule is CCN1CCC(NC(=O)CN(Cc2ccc(Cl)cc2)C2CC2)CC1. The highest BCUT2D eigenvalue weighted by atomic mass is 35.5. The van der Waals surface area contributed by atoms with Crippen molar-refractivity contribution in [3.63, 3.8) is 0 Å². The number of hydrogen-bond donors (Lipinski definition) is 1. The minimum absolute atomic E-state index is 0.172. The molecule has 0 atom stereocenters. The van der Waals surface area contributed by atoms with E-state index in [1.807, 2.05) is 12.1 Å². The zero-order valence-corrected chi connectivity index (χ0v) is 15.3. The zero-order valence-electron chi connectivity index (χ0n) is 14.5. The normalized spacial score (nSPS) is 19.6. The van der Waals surface area contributed by atoms with Gasteiger partial charge in [-0.3, -0.25) is 9.69 Å². The van der Waals surface area contributed by atoms with E-state index in [1.165, 1.54) is 18.4 Å². The average Bonchev–Trinajstić information content (AvgIpc) is 3.42. The Balaban J connectivity index is 1.48. The summed E-state index contributed by atoms with van der Waals surface area (Å²) in [6, 6.07) is 8.85. The highest BCUT2D eigenvalue weighted by Gasteiger charge is 2.31. The summed E-state index contributed by atoms with van der Waals surface area (Å²) in [5.74, 6) is 0.172. The van der Waals surface area contributed by atoms with Crippen molar-refractivity contribution in [1.29, 1.82) is 0 Å². The number of hydrogen-bond acceptors (Lipinski definition) is 3. The van der Waals surface area contributed by atoms with Crippen LogP contribution in [0.25, 0.3) is 0 Å². The van der Waals surface area contributed by atoms with Gasteiger partial charge in [-0.25, -0.2) is 0 Å². The first-order valence-electron chi connectivity index (χ1n) is 9.14. The quantitative estimate of drug-likeness (QED) is 0.822. The standard InChI is InChI=1S/C19H28ClN3O/c1-2-22-11-9-17(10-12-22)21-19(24)14-23(18-7-8-18)13-15-3-5-16(20)6-4-15/h3-6,17-18H,2,7-14H2,1H3,(H,21,24). The third-order valence-corrected chi connectivity index (χ3v) is 5.36. The maximum absolute atomic E-state index is 12.5. The van der Waals surface area contributed by atoms with Crippen LogP contribution < -0.4 is 5.32 Å². The molecule has 5 heteroatoms. The van der Waals surface area contributed by atoms with E-state index in [1.54, 1.807) is 0 Å². The van der Waals surface area contributed by atoms with Crippen molar-refractivity contribution in [3.05, 3.63) is 34.9 Å². The van der Waals surface area contributed by atoms with Crippen LogP contribution in [0.15, 0.2) is 24.3 Å². The third kappa shape index (κ3) is 5.20. The van der Waals surface area contributed by atoms with E-state index < -0.39 is 0 Å². The monoisotopic (exact) mass is 349 g/mol. The lowest BCUT2D eigenvalue weighted by Gasteiger charge is -2.32. The molecule has 4 nitrogen and oxygen atoms in total. The van der Waals surface area contributed by atoms with Crippen molar-refractivity contribution in [2.24, 2.45) is 0 Å². The van der Waals surface area contributed by atoms with Gasteiger partial charge in [0.05, 0.1) is 6.54 Å². The smallest absolute Gasteiger partial charge is 0.234 e. The lowest BCUT2D eigenvalue weighted by molar-refractivity contribution is -0.123. The Hall–Kier alpha value is -1.10. The number of nitrogens with zero attached hydrogens (tertiary/aromatic N) is 2. The molecule has 1 heterocycles. The van der Waals surface area contributed by atoms with Crippen molar-refractivity contribution >= 4 is 17.5 Å². The van der Waals surface area contributed by atoms with Gasteiger partial charge in [-0.15, -0.1) is 0 Å². The van der Waals surface area contributed by atoms with Crippen LogP contribution in [0.3, 0.4) is 0 Å². The van der Waals surface area contributed by atoms with E-state index >= 15 is 0 Å². The summed E-state index contributed by atoms with van der Waals surface area (Å²) < 4.78 is 0. The van der Waals surface area contributed by atoms with Crippen molar-refractivity contribution in [1.82, 2.24) is 15.1 Å². The second-order valence-electron chi connectivity index (χ2n) is 7.04. The number of amides is 1. The predicted octanol–water partition coefficient (Wildman–Crippen LogP) is 2.90. The third-order valence-electron chi connectivity index (χ3n) is 5.11. The van der Waals surface area contributed by atoms with Gasteiger partial charge < -0.3 is 10.2 Å². The molecule has 1 aromatic rings. The lowest BCUT2D eigenvalue weighted by atomic mass is 10.1. The van der Waals surface area contributed by atoms with Crippen molar-refractivity contribution in [2.45, 2.75) is 51.2 Å². The highest BCUT2D eigenvalue weighted by molar-refractivity contribution is 6.30. The summed E-state index contributed by atoms with van der Waals surface area (Å²) >= 11 is 5.96. The van der Waals surface area contributed by atoms with Crippen LogP contribution in [0, 0.1) is 0 Å². The summed E-state index contributed by atoms with van der Waals surface area (Å²) in [5, 5.41) is 4.00. The topological polar surface area (TPSA) is 35.6 Å². The van der Waals surface area contributed by atoms with E-state index in [4.69, 9.17) is 11.6 Å². The average molecular weight is 350 g/mol. The summed E-state index contributed by atoms with van der Waals surface area (Å²) in [5.41, 5.74) is 1.22. The van der Waals surface area contributed by atoms with Crippen LogP contribution in [-0.4, -0.2) is 54.0 Å². The van der Waals surface area contributed by atoms with E-state index in [0.717, 1.165) is 44.0 Å². The molecule has 3 rings (SSSR count). The minimum Gasteiger partial charge on any atom is -0.352 e. The number of likely N-dealkylation sites (tertiary alicyclic amines) is 1. The first-order valence-corrected chi connectivity index (χ1v) is 9.52. The molecule has 0 bridgehead atoms. The van der Waals surface area contributed by atoms with Gasteiger partial charge in [0.2, 0.25) is 5.91 Å². The van der Waals surface area contributed by atoms with E-state index in [9.17, 15) is 4.79 Å². The Bertz CT molecular complexity index is 536. The number of rotatable bonds is 7. The van der Waals surface area contributed by atoms with Crippen LogP contribution in [0.2, 0.25) is 5.02 Å². The molecule has 0 aromatic heterocycles. The van der Waals surface area contributed by atoms with Gasteiger partial charge in [-0.1, -0.05) is 30.7 Å². The summed E-state index contributed by atoms with van der Waals surface area (Å²) in [6.45, 7) is 6.82. The minimum atomic E-state index is 0.172. The molecule has 2 fully saturated rings. The van der Waals surface area contributed by atoms with Gasteiger partial charge in [0.15, 0.2) is 0 Å². The zero-order chi connectivity index (χ0) is 16.9. The number of piperidine rings is 1. The van der Waals surface area contributed by atoms with E-state index in [2.05, 4.69) is 34.2 Å². The van der Waals surface area contributed by atoms with Crippen LogP contribution in [0.1, 0.15) is 38.2 Å². The molecule has 2 aliphatic rings. The van der Waals surface area contributed by atoms with Gasteiger partial charge in [-0.05, 0) is 49.9 Å². The predicted molar refractivity (Wildman–Crippen MR) is 98.2 cm³/mol. The van der Waals surface area contributed by atoms with Crippen molar-refractivity contribution < 1.29 is 4.79 Å². The molecule has 1 aromatic carbocycles. The van der Waals surface area contributed by atoms with E-state index in [0.29, 0.717) is 18.6 Å². The maximum atomic E-state index is 12.5. The fraction of sp³-hybridized carbons (Fsp3) is 0.632. The first kappa shape index (κ1) is 17.7. The summed E-state index contributed by atoms with van der Waals surface area (Å²) in [6.07, 6.45) is 4.55. The second-order valence-corrected chi connectivity index (χ2v) is 7.48. The summed E-state index contributed by atoms with van der Waals surface area (Å²) in [7, 11) is 0. The molecular weight excluding hydrogens is 322 g/mol. The van der Waals surface area contributed by atoms with Crippen LogP contribution in [0.4, 0.5) is 0 Å². The first-order chi connectivity index (χ1) is 11.6. The fourth-order valence-corrected chi connectivity index (χ4v) is 3.56. The number of nitrogens with one attached hydrogen (secondary N) is 1. The Morgan fingerprint density at radius 3 is 2.46 bits per heavy atom. The molecular formula is C19H28ClN3O. The molecule has 24 heavy (non-hydrogen) atoms. The highest BCUT2D eigenvalue weighted by Crippen LogP contribution is 2.28. The van der Waals surface area contributed by atoms with Crippen LogP contribution in [0.5, 0.6) is 0 Å². The largest absolute Gasteiger partial charge is 0.352 e. The van der Waals surface area contributed by atoms with Crippen molar-refractivity contribution in [2.75, 3.05) is 26.2 Å². The Morgan fingerprint density at radius 1 is 1.21 bits per heavy atom. The number of carbonyl (C=O) groups excluding carboxylic acids is 1. The maximum Gasteiger partial charge on any atom is 0.234 e. The molecule has 1 N–H and O–H groups in total. The molecule has 0 unspecified atom stereocenters. The molecule has 0 spiro atoms. The fourth-order valence-electron chi connectivity index (χ4n) is 3.43. The molecule has 1 saturated carbocycles. The van der Waals surface area contributed by atoms with Gasteiger partial charge in [0, 0.05) is 36.7 Å². The molecule has 1 aliphatic heterocycles. The van der Waals surface area contributed by atoms with Crippen LogP contribution in [-0.2, 0) is 11.3 Å². The second kappa shape index (κ2) is 8.32. The Kier molecular flexibility index (Phi) is 6.14. The lowest BCUT2D eigenvalue weighted by Crippen LogP contribution is -2.47. The van der Waals surface area contributed by atoms with Gasteiger partial charge in [0.1, 0.15) is 0 Å². The van der Waals surface area contributed by atoms with Gasteiger partial charge in [-0.2, -0.15) is 0 Å². The molecule has 1 amide bonds. The molecule has 0 radical (unpaired) electrons. The van der Waals surface area contributed by atoms with Crippen LogP contribution >= 0.6 is 11.6 Å². The van der Waals surface area contributed by atoms with Gasteiger partial charge in [0.25, 0.3) is 0 Å². The molecule has 132 valence electrons. The number of halogens is 1. The number of carbonyl (C=O) groups is 1. The molecule has 1 saturated heterocycles. The van der Waals surface area contributed by atoms with Gasteiger partial charge >= 0.3 is 0 Å². The summed E-state index contributed by atoms with van der Waals surface area (Å²) in [4.78, 5) is 17.2. The Labute approximate surface area is 150 Å². The van der Waals surface area contributed by atoms with Crippen molar-refractivity contribution in [3.8, 4) is 0 Å².